The average Bonchev–Trinajstić information content (AvgIpc) is 2.35. The number of para-hydroxylation sites is 1. The predicted octanol–water partition coefficient (Wildman–Crippen LogP) is 3.18. The van der Waals surface area contributed by atoms with Gasteiger partial charge in [0, 0.05) is 15.4 Å². The van der Waals surface area contributed by atoms with Crippen LogP contribution < -0.4 is 11.1 Å². The first kappa shape index (κ1) is 10.2. The van der Waals surface area contributed by atoms with Crippen molar-refractivity contribution in [2.45, 2.75) is 9.79 Å². The number of anilines is 2. The van der Waals surface area contributed by atoms with Crippen LogP contribution in [-0.2, 0) is 0 Å². The predicted molar refractivity (Wildman–Crippen MR) is 71.3 cm³/mol. The summed E-state index contributed by atoms with van der Waals surface area (Å²) < 4.78 is 0. The molecule has 84 valence electrons. The number of nitrogens with one attached hydrogen (secondary N) is 2. The summed E-state index contributed by atoms with van der Waals surface area (Å²) in [5.41, 5.74) is 8.45. The van der Waals surface area contributed by atoms with Crippen molar-refractivity contribution in [3.8, 4) is 0 Å². The first-order valence-corrected chi connectivity index (χ1v) is 6.08. The summed E-state index contributed by atoms with van der Waals surface area (Å²) in [6, 6.07) is 14.0. The number of nitrogen functional groups attached to an aromatic ring is 1. The standard InChI is InChI=1S/C13H11N3S/c14-13(15)8-5-6-10-12(7-8)17-11-4-2-1-3-9(11)16-10/h1-7,16H,(H3,14,15). The van der Waals surface area contributed by atoms with Gasteiger partial charge in [-0.05, 0) is 30.3 Å². The van der Waals surface area contributed by atoms with Gasteiger partial charge in [-0.1, -0.05) is 23.9 Å². The lowest BCUT2D eigenvalue weighted by molar-refractivity contribution is 1.30. The average molecular weight is 241 g/mol. The van der Waals surface area contributed by atoms with E-state index in [-0.39, 0.29) is 5.84 Å². The number of benzene rings is 2. The van der Waals surface area contributed by atoms with E-state index in [1.807, 2.05) is 30.3 Å². The third-order valence-corrected chi connectivity index (χ3v) is 3.80. The summed E-state index contributed by atoms with van der Waals surface area (Å²) in [7, 11) is 0. The zero-order valence-electron chi connectivity index (χ0n) is 9.03. The summed E-state index contributed by atoms with van der Waals surface area (Å²) in [6.07, 6.45) is 0. The first-order chi connectivity index (χ1) is 8.24. The van der Waals surface area contributed by atoms with E-state index < -0.39 is 0 Å². The molecule has 0 atom stereocenters. The van der Waals surface area contributed by atoms with Gasteiger partial charge in [-0.3, -0.25) is 5.41 Å². The van der Waals surface area contributed by atoms with E-state index in [0.29, 0.717) is 0 Å². The second kappa shape index (κ2) is 3.82. The number of nitrogens with two attached hydrogens (primary N) is 1. The van der Waals surface area contributed by atoms with E-state index in [4.69, 9.17) is 11.1 Å². The Kier molecular flexibility index (Phi) is 2.30. The summed E-state index contributed by atoms with van der Waals surface area (Å²) in [4.78, 5) is 2.30. The number of fused-ring (bicyclic) bond motifs is 2. The molecule has 0 spiro atoms. The van der Waals surface area contributed by atoms with Gasteiger partial charge in [0.1, 0.15) is 5.84 Å². The van der Waals surface area contributed by atoms with Gasteiger partial charge in [0.15, 0.2) is 0 Å². The Balaban J connectivity index is 2.06. The van der Waals surface area contributed by atoms with Crippen molar-refractivity contribution in [3.05, 3.63) is 48.0 Å². The molecule has 1 aliphatic rings. The third-order valence-electron chi connectivity index (χ3n) is 2.67. The molecule has 0 aromatic heterocycles. The van der Waals surface area contributed by atoms with Crippen LogP contribution in [0.4, 0.5) is 11.4 Å². The molecule has 0 saturated heterocycles. The zero-order valence-corrected chi connectivity index (χ0v) is 9.84. The lowest BCUT2D eigenvalue weighted by Crippen LogP contribution is -2.11. The Labute approximate surface area is 104 Å². The molecule has 3 rings (SSSR count). The lowest BCUT2D eigenvalue weighted by atomic mass is 10.2. The summed E-state index contributed by atoms with van der Waals surface area (Å²) in [5, 5.41) is 10.8. The Morgan fingerprint density at radius 1 is 1.06 bits per heavy atom. The SMILES string of the molecule is N=C(N)c1ccc2c(c1)Sc1ccccc1N2. The Morgan fingerprint density at radius 3 is 2.65 bits per heavy atom. The maximum Gasteiger partial charge on any atom is 0.122 e. The maximum atomic E-state index is 7.45. The maximum absolute atomic E-state index is 7.45. The second-order valence-corrected chi connectivity index (χ2v) is 4.93. The normalized spacial score (nSPS) is 12.2. The molecule has 0 unspecified atom stereocenters. The molecule has 2 aromatic carbocycles. The van der Waals surface area contributed by atoms with E-state index in [9.17, 15) is 0 Å². The molecule has 0 aliphatic carbocycles. The highest BCUT2D eigenvalue weighted by Gasteiger charge is 2.15. The fourth-order valence-electron chi connectivity index (χ4n) is 1.80. The fraction of sp³-hybridized carbons (Fsp3) is 0. The molecular formula is C13H11N3S. The molecule has 0 bridgehead atoms. The number of amidine groups is 1. The molecule has 1 heterocycles. The van der Waals surface area contributed by atoms with Gasteiger partial charge in [0.05, 0.1) is 11.4 Å². The van der Waals surface area contributed by atoms with Gasteiger partial charge >= 0.3 is 0 Å². The van der Waals surface area contributed by atoms with Crippen molar-refractivity contribution in [1.82, 2.24) is 0 Å². The minimum Gasteiger partial charge on any atom is -0.384 e. The van der Waals surface area contributed by atoms with Crippen LogP contribution in [0.25, 0.3) is 0 Å². The van der Waals surface area contributed by atoms with Crippen LogP contribution in [0.15, 0.2) is 52.3 Å². The largest absolute Gasteiger partial charge is 0.384 e. The number of rotatable bonds is 1. The highest BCUT2D eigenvalue weighted by Crippen LogP contribution is 2.44. The lowest BCUT2D eigenvalue weighted by Gasteiger charge is -2.21. The highest BCUT2D eigenvalue weighted by molar-refractivity contribution is 7.99. The van der Waals surface area contributed by atoms with Crippen molar-refractivity contribution in [2.75, 3.05) is 5.32 Å². The molecule has 0 fully saturated rings. The van der Waals surface area contributed by atoms with Gasteiger partial charge in [-0.2, -0.15) is 0 Å². The van der Waals surface area contributed by atoms with Crippen LogP contribution in [0.2, 0.25) is 0 Å². The molecule has 17 heavy (non-hydrogen) atoms. The van der Waals surface area contributed by atoms with E-state index in [1.165, 1.54) is 4.90 Å². The first-order valence-electron chi connectivity index (χ1n) is 5.26. The van der Waals surface area contributed by atoms with Crippen LogP contribution in [0, 0.1) is 5.41 Å². The van der Waals surface area contributed by atoms with Crippen LogP contribution in [0.5, 0.6) is 0 Å². The second-order valence-electron chi connectivity index (χ2n) is 3.85. The molecule has 1 aliphatic heterocycles. The Bertz CT molecular complexity index is 607. The smallest absolute Gasteiger partial charge is 0.122 e. The monoisotopic (exact) mass is 241 g/mol. The van der Waals surface area contributed by atoms with Gasteiger partial charge in [0.25, 0.3) is 0 Å². The third kappa shape index (κ3) is 1.76. The van der Waals surface area contributed by atoms with Crippen molar-refractivity contribution in [2.24, 2.45) is 5.73 Å². The van der Waals surface area contributed by atoms with Crippen LogP contribution >= 0.6 is 11.8 Å². The topological polar surface area (TPSA) is 61.9 Å². The van der Waals surface area contributed by atoms with Crippen molar-refractivity contribution >= 4 is 29.0 Å². The molecular weight excluding hydrogens is 230 g/mol. The van der Waals surface area contributed by atoms with E-state index in [1.54, 1.807) is 11.8 Å². The van der Waals surface area contributed by atoms with Gasteiger partial charge < -0.3 is 11.1 Å². The summed E-state index contributed by atoms with van der Waals surface area (Å²) in [5.74, 6) is 0.104. The molecule has 4 heteroatoms. The van der Waals surface area contributed by atoms with Gasteiger partial charge in [-0.15, -0.1) is 0 Å². The summed E-state index contributed by atoms with van der Waals surface area (Å²) in [6.45, 7) is 0. The number of hydrogen-bond donors (Lipinski definition) is 3. The molecule has 4 N–H and O–H groups in total. The fourth-order valence-corrected chi connectivity index (χ4v) is 2.83. The minimum absolute atomic E-state index is 0.104. The highest BCUT2D eigenvalue weighted by atomic mass is 32.2. The van der Waals surface area contributed by atoms with Crippen molar-refractivity contribution in [1.29, 1.82) is 5.41 Å². The molecule has 3 nitrogen and oxygen atoms in total. The number of hydrogen-bond acceptors (Lipinski definition) is 3. The molecule has 0 saturated carbocycles. The minimum atomic E-state index is 0.104. The van der Waals surface area contributed by atoms with E-state index in [0.717, 1.165) is 21.8 Å². The summed E-state index contributed by atoms with van der Waals surface area (Å²) >= 11 is 1.70. The Morgan fingerprint density at radius 2 is 1.82 bits per heavy atom. The van der Waals surface area contributed by atoms with Crippen molar-refractivity contribution in [3.63, 3.8) is 0 Å². The molecule has 0 amide bonds. The molecule has 2 aromatic rings. The van der Waals surface area contributed by atoms with E-state index >= 15 is 0 Å². The van der Waals surface area contributed by atoms with Crippen LogP contribution in [0.3, 0.4) is 0 Å². The Hall–Kier alpha value is -1.94. The van der Waals surface area contributed by atoms with Crippen LogP contribution in [0.1, 0.15) is 5.56 Å². The zero-order chi connectivity index (χ0) is 11.8. The quantitative estimate of drug-likeness (QED) is 0.453. The molecule has 0 radical (unpaired) electrons. The van der Waals surface area contributed by atoms with Gasteiger partial charge in [0.2, 0.25) is 0 Å². The van der Waals surface area contributed by atoms with Crippen LogP contribution in [-0.4, -0.2) is 5.84 Å². The van der Waals surface area contributed by atoms with Gasteiger partial charge in [-0.25, -0.2) is 0 Å². The van der Waals surface area contributed by atoms with E-state index in [2.05, 4.69) is 17.4 Å². The van der Waals surface area contributed by atoms with Crippen molar-refractivity contribution < 1.29 is 0 Å².